The Morgan fingerprint density at radius 2 is 2.06 bits per heavy atom. The molecule has 1 aliphatic rings. The van der Waals surface area contributed by atoms with Crippen molar-refractivity contribution in [1.29, 1.82) is 0 Å². The Balaban J connectivity index is 2.36. The molecule has 0 amide bonds. The molecule has 1 aliphatic carbocycles. The number of hydrogen-bond acceptors (Lipinski definition) is 2. The summed E-state index contributed by atoms with van der Waals surface area (Å²) < 4.78 is 2.39. The summed E-state index contributed by atoms with van der Waals surface area (Å²) in [6.45, 7) is 9.05. The topological polar surface area (TPSA) is 17.3 Å². The minimum absolute atomic E-state index is 0.264. The number of rotatable bonds is 0. The highest BCUT2D eigenvalue weighted by molar-refractivity contribution is 7.17. The molecular weight excluding hydrogens is 216 g/mol. The summed E-state index contributed by atoms with van der Waals surface area (Å²) in [7, 11) is 0. The summed E-state index contributed by atoms with van der Waals surface area (Å²) in [6, 6.07) is 0. The van der Waals surface area contributed by atoms with Gasteiger partial charge in [0.05, 0.1) is 5.69 Å². The van der Waals surface area contributed by atoms with E-state index < -0.39 is 0 Å². The van der Waals surface area contributed by atoms with Crippen molar-refractivity contribution < 1.29 is 0 Å². The first-order valence-corrected chi connectivity index (χ1v) is 6.80. The van der Waals surface area contributed by atoms with E-state index in [1.54, 1.807) is 0 Å². The average molecular weight is 234 g/mol. The first-order chi connectivity index (χ1) is 7.50. The van der Waals surface area contributed by atoms with E-state index in [9.17, 15) is 0 Å². The molecular formula is C13H18N2S. The van der Waals surface area contributed by atoms with Crippen LogP contribution in [-0.4, -0.2) is 9.38 Å². The van der Waals surface area contributed by atoms with Crippen LogP contribution in [0.4, 0.5) is 0 Å². The molecule has 2 nitrogen and oxygen atoms in total. The zero-order chi connectivity index (χ0) is 11.5. The van der Waals surface area contributed by atoms with Crippen molar-refractivity contribution in [3.05, 3.63) is 22.0 Å². The van der Waals surface area contributed by atoms with Crippen LogP contribution in [0.2, 0.25) is 0 Å². The zero-order valence-corrected chi connectivity index (χ0v) is 11.2. The van der Waals surface area contributed by atoms with Crippen molar-refractivity contribution >= 4 is 16.3 Å². The van der Waals surface area contributed by atoms with E-state index in [2.05, 4.69) is 32.1 Å². The standard InChI is InChI=1S/C13H18N2S/c1-8-9(2)16-12-14-11-10(15(8)12)6-5-7-13(11,3)4/h5-7H2,1-4H3. The van der Waals surface area contributed by atoms with Crippen LogP contribution >= 0.6 is 11.3 Å². The maximum Gasteiger partial charge on any atom is 0.194 e. The lowest BCUT2D eigenvalue weighted by Gasteiger charge is -2.28. The van der Waals surface area contributed by atoms with E-state index in [1.807, 2.05) is 11.3 Å². The molecule has 0 aromatic carbocycles. The second-order valence-corrected chi connectivity index (χ2v) is 6.69. The monoisotopic (exact) mass is 234 g/mol. The summed E-state index contributed by atoms with van der Waals surface area (Å²) in [5, 5.41) is 0. The Morgan fingerprint density at radius 1 is 1.31 bits per heavy atom. The van der Waals surface area contributed by atoms with E-state index in [0.29, 0.717) is 0 Å². The number of thiazole rings is 1. The lowest BCUT2D eigenvalue weighted by atomic mass is 9.78. The molecule has 0 fully saturated rings. The molecule has 0 atom stereocenters. The molecule has 0 bridgehead atoms. The Labute approximate surface area is 100 Å². The highest BCUT2D eigenvalue weighted by Crippen LogP contribution is 2.38. The second-order valence-electron chi connectivity index (χ2n) is 5.51. The van der Waals surface area contributed by atoms with Crippen molar-refractivity contribution in [2.24, 2.45) is 0 Å². The largest absolute Gasteiger partial charge is 0.291 e. The third-order valence-corrected chi connectivity index (χ3v) is 4.95. The molecule has 2 aromatic heterocycles. The predicted molar refractivity (Wildman–Crippen MR) is 68.5 cm³/mol. The van der Waals surface area contributed by atoms with Crippen LogP contribution in [0.15, 0.2) is 0 Å². The lowest BCUT2D eigenvalue weighted by Crippen LogP contribution is -2.24. The van der Waals surface area contributed by atoms with Crippen LogP contribution in [0.1, 0.15) is 48.6 Å². The van der Waals surface area contributed by atoms with Gasteiger partial charge in [0.1, 0.15) is 0 Å². The molecule has 0 saturated heterocycles. The first-order valence-electron chi connectivity index (χ1n) is 5.98. The molecule has 0 unspecified atom stereocenters. The molecule has 0 radical (unpaired) electrons. The van der Waals surface area contributed by atoms with Gasteiger partial charge in [0.25, 0.3) is 0 Å². The summed E-state index contributed by atoms with van der Waals surface area (Å²) in [5.41, 5.74) is 4.45. The Morgan fingerprint density at radius 3 is 2.81 bits per heavy atom. The molecule has 0 spiro atoms. The summed E-state index contributed by atoms with van der Waals surface area (Å²) in [6.07, 6.45) is 3.75. The number of aromatic nitrogens is 2. The highest BCUT2D eigenvalue weighted by atomic mass is 32.1. The summed E-state index contributed by atoms with van der Waals surface area (Å²) in [5.74, 6) is 0. The maximum absolute atomic E-state index is 4.87. The first kappa shape index (κ1) is 10.3. The van der Waals surface area contributed by atoms with Crippen LogP contribution in [0.5, 0.6) is 0 Å². The van der Waals surface area contributed by atoms with Gasteiger partial charge in [-0.25, -0.2) is 4.98 Å². The fourth-order valence-electron chi connectivity index (χ4n) is 2.80. The molecule has 0 aliphatic heterocycles. The second kappa shape index (κ2) is 3.10. The van der Waals surface area contributed by atoms with Crippen molar-refractivity contribution in [1.82, 2.24) is 9.38 Å². The van der Waals surface area contributed by atoms with Gasteiger partial charge in [0.2, 0.25) is 0 Å². The highest BCUT2D eigenvalue weighted by Gasteiger charge is 2.32. The van der Waals surface area contributed by atoms with Crippen LogP contribution in [0.25, 0.3) is 4.96 Å². The number of hydrogen-bond donors (Lipinski definition) is 0. The van der Waals surface area contributed by atoms with Crippen LogP contribution in [0, 0.1) is 13.8 Å². The Kier molecular flexibility index (Phi) is 2.00. The van der Waals surface area contributed by atoms with Gasteiger partial charge in [-0.3, -0.25) is 4.40 Å². The third-order valence-electron chi connectivity index (χ3n) is 3.89. The minimum atomic E-state index is 0.264. The normalized spacial score (nSPS) is 19.0. The molecule has 0 N–H and O–H groups in total. The van der Waals surface area contributed by atoms with E-state index >= 15 is 0 Å². The average Bonchev–Trinajstić information content (AvgIpc) is 2.67. The minimum Gasteiger partial charge on any atom is -0.291 e. The van der Waals surface area contributed by atoms with E-state index in [1.165, 1.54) is 46.2 Å². The van der Waals surface area contributed by atoms with Crippen LogP contribution in [0.3, 0.4) is 0 Å². The molecule has 3 rings (SSSR count). The molecule has 16 heavy (non-hydrogen) atoms. The van der Waals surface area contributed by atoms with Gasteiger partial charge in [-0.15, -0.1) is 11.3 Å². The Hall–Kier alpha value is -0.830. The number of imidazole rings is 1. The van der Waals surface area contributed by atoms with E-state index in [0.717, 1.165) is 0 Å². The molecule has 3 heteroatoms. The fourth-order valence-corrected chi connectivity index (χ4v) is 3.79. The molecule has 86 valence electrons. The number of aryl methyl sites for hydroxylation is 3. The molecule has 0 saturated carbocycles. The molecule has 2 heterocycles. The van der Waals surface area contributed by atoms with Gasteiger partial charge in [0.15, 0.2) is 4.96 Å². The van der Waals surface area contributed by atoms with Crippen molar-refractivity contribution in [3.8, 4) is 0 Å². The number of nitrogens with zero attached hydrogens (tertiary/aromatic N) is 2. The van der Waals surface area contributed by atoms with Gasteiger partial charge >= 0.3 is 0 Å². The van der Waals surface area contributed by atoms with Gasteiger partial charge in [-0.1, -0.05) is 13.8 Å². The quantitative estimate of drug-likeness (QED) is 0.680. The number of fused-ring (bicyclic) bond motifs is 3. The zero-order valence-electron chi connectivity index (χ0n) is 10.4. The van der Waals surface area contributed by atoms with Crippen molar-refractivity contribution in [2.75, 3.05) is 0 Å². The summed E-state index contributed by atoms with van der Waals surface area (Å²) >= 11 is 1.82. The van der Waals surface area contributed by atoms with Crippen molar-refractivity contribution in [2.45, 2.75) is 52.4 Å². The van der Waals surface area contributed by atoms with E-state index in [-0.39, 0.29) is 5.41 Å². The van der Waals surface area contributed by atoms with Crippen LogP contribution < -0.4 is 0 Å². The smallest absolute Gasteiger partial charge is 0.194 e. The van der Waals surface area contributed by atoms with Gasteiger partial charge in [-0.05, 0) is 33.1 Å². The predicted octanol–water partition coefficient (Wildman–Crippen LogP) is 3.63. The Bertz CT molecular complexity index is 560. The van der Waals surface area contributed by atoms with Gasteiger partial charge in [0, 0.05) is 21.7 Å². The van der Waals surface area contributed by atoms with Crippen LogP contribution in [-0.2, 0) is 11.8 Å². The third kappa shape index (κ3) is 1.21. The van der Waals surface area contributed by atoms with Gasteiger partial charge in [-0.2, -0.15) is 0 Å². The van der Waals surface area contributed by atoms with Crippen molar-refractivity contribution in [3.63, 3.8) is 0 Å². The summed E-state index contributed by atoms with van der Waals surface area (Å²) in [4.78, 5) is 7.46. The maximum atomic E-state index is 4.87. The fraction of sp³-hybridized carbons (Fsp3) is 0.615. The van der Waals surface area contributed by atoms with Gasteiger partial charge < -0.3 is 0 Å². The lowest BCUT2D eigenvalue weighted by molar-refractivity contribution is 0.418. The van der Waals surface area contributed by atoms with E-state index in [4.69, 9.17) is 4.98 Å². The SMILES string of the molecule is Cc1sc2nc3c(n2c1C)CCCC3(C)C. The molecule has 2 aromatic rings.